The van der Waals surface area contributed by atoms with Gasteiger partial charge in [-0.25, -0.2) is 4.39 Å². The topological polar surface area (TPSA) is 44.7 Å². The van der Waals surface area contributed by atoms with E-state index < -0.39 is 5.67 Å². The minimum Gasteiger partial charge on any atom is -0.508 e. The van der Waals surface area contributed by atoms with Crippen LogP contribution < -0.4 is 10.1 Å². The Balaban J connectivity index is 1.83. The van der Waals surface area contributed by atoms with Crippen molar-refractivity contribution >= 4 is 0 Å². The van der Waals surface area contributed by atoms with E-state index in [0.717, 1.165) is 38.3 Å². The van der Waals surface area contributed by atoms with Gasteiger partial charge in [0.1, 0.15) is 22.9 Å². The molecule has 1 heterocycles. The van der Waals surface area contributed by atoms with Gasteiger partial charge in [-0.1, -0.05) is 6.07 Å². The third-order valence-electron chi connectivity index (χ3n) is 4.36. The first-order valence-corrected chi connectivity index (χ1v) is 8.64. The summed E-state index contributed by atoms with van der Waals surface area (Å²) in [7, 11) is 0. The highest BCUT2D eigenvalue weighted by Gasteiger charge is 2.25. The summed E-state index contributed by atoms with van der Waals surface area (Å²) < 4.78 is 20.6. The van der Waals surface area contributed by atoms with E-state index in [4.69, 9.17) is 4.74 Å². The first-order chi connectivity index (χ1) is 11.9. The van der Waals surface area contributed by atoms with Crippen molar-refractivity contribution in [3.8, 4) is 17.2 Å². The van der Waals surface area contributed by atoms with Crippen LogP contribution in [0.5, 0.6) is 17.2 Å². The summed E-state index contributed by atoms with van der Waals surface area (Å²) in [6.07, 6.45) is 0. The molecule has 3 rings (SSSR count). The van der Waals surface area contributed by atoms with Crippen LogP contribution in [-0.4, -0.2) is 36.2 Å². The number of hydrogen-bond donors (Lipinski definition) is 2. The molecule has 2 N–H and O–H groups in total. The lowest BCUT2D eigenvalue weighted by Gasteiger charge is -2.28. The highest BCUT2D eigenvalue weighted by molar-refractivity contribution is 5.44. The number of phenols is 1. The molecule has 0 amide bonds. The summed E-state index contributed by atoms with van der Waals surface area (Å²) in [4.78, 5) is 2.36. The zero-order chi connectivity index (χ0) is 17.9. The normalized spacial score (nSPS) is 16.0. The number of phenolic OH excluding ortho intramolecular Hbond substituents is 1. The van der Waals surface area contributed by atoms with Crippen molar-refractivity contribution in [2.75, 3.05) is 26.2 Å². The molecule has 2 aromatic carbocycles. The van der Waals surface area contributed by atoms with Gasteiger partial charge in [0.25, 0.3) is 0 Å². The summed E-state index contributed by atoms with van der Waals surface area (Å²) in [6.45, 7) is 7.87. The predicted octanol–water partition coefficient (Wildman–Crippen LogP) is 3.79. The molecule has 134 valence electrons. The van der Waals surface area contributed by atoms with E-state index >= 15 is 0 Å². The number of alkyl halides is 1. The number of rotatable bonds is 5. The fraction of sp³-hybridized carbons (Fsp3) is 0.400. The molecule has 4 nitrogen and oxygen atoms in total. The molecule has 1 saturated heterocycles. The summed E-state index contributed by atoms with van der Waals surface area (Å²) in [5.74, 6) is 1.24. The monoisotopic (exact) mass is 344 g/mol. The maximum Gasteiger partial charge on any atom is 0.134 e. The second-order valence-corrected chi connectivity index (χ2v) is 6.93. The third-order valence-corrected chi connectivity index (χ3v) is 4.36. The van der Waals surface area contributed by atoms with Crippen LogP contribution in [0.4, 0.5) is 4.39 Å². The Hall–Kier alpha value is -2.11. The van der Waals surface area contributed by atoms with Crippen molar-refractivity contribution in [1.29, 1.82) is 0 Å². The van der Waals surface area contributed by atoms with Gasteiger partial charge < -0.3 is 15.2 Å². The first kappa shape index (κ1) is 17.7. The number of aromatic hydroxyl groups is 1. The van der Waals surface area contributed by atoms with Crippen molar-refractivity contribution in [3.05, 3.63) is 53.6 Å². The standard InChI is InChI=1S/C20H25FN2O2/c1-20(2,21)18-13-15(14-23-11-9-22-10-12-23)3-8-19(18)25-17-6-4-16(24)5-7-17/h3-8,13,22,24H,9-12,14H2,1-2H3. The van der Waals surface area contributed by atoms with E-state index in [2.05, 4.69) is 10.2 Å². The van der Waals surface area contributed by atoms with E-state index in [-0.39, 0.29) is 5.75 Å². The lowest BCUT2D eigenvalue weighted by Crippen LogP contribution is -2.42. The third kappa shape index (κ3) is 4.71. The lowest BCUT2D eigenvalue weighted by atomic mass is 9.96. The number of halogens is 1. The molecule has 2 aromatic rings. The minimum atomic E-state index is -1.51. The van der Waals surface area contributed by atoms with Crippen LogP contribution in [0.1, 0.15) is 25.0 Å². The van der Waals surface area contributed by atoms with E-state index in [9.17, 15) is 9.50 Å². The Labute approximate surface area is 148 Å². The molecule has 0 bridgehead atoms. The van der Waals surface area contributed by atoms with Crippen molar-refractivity contribution in [2.45, 2.75) is 26.1 Å². The zero-order valence-electron chi connectivity index (χ0n) is 14.8. The fourth-order valence-corrected chi connectivity index (χ4v) is 3.00. The maximum absolute atomic E-state index is 14.8. The molecule has 1 fully saturated rings. The summed E-state index contributed by atoms with van der Waals surface area (Å²) in [6, 6.07) is 12.2. The van der Waals surface area contributed by atoms with Crippen LogP contribution in [0.25, 0.3) is 0 Å². The van der Waals surface area contributed by atoms with Crippen LogP contribution in [0, 0.1) is 0 Å². The van der Waals surface area contributed by atoms with Gasteiger partial charge in [-0.3, -0.25) is 4.90 Å². The van der Waals surface area contributed by atoms with E-state index in [1.165, 1.54) is 0 Å². The van der Waals surface area contributed by atoms with Gasteiger partial charge in [0.05, 0.1) is 0 Å². The van der Waals surface area contributed by atoms with Crippen LogP contribution >= 0.6 is 0 Å². The Kier molecular flexibility index (Phi) is 5.25. The van der Waals surface area contributed by atoms with Crippen LogP contribution in [0.15, 0.2) is 42.5 Å². The zero-order valence-corrected chi connectivity index (χ0v) is 14.8. The van der Waals surface area contributed by atoms with Crippen LogP contribution in [0.3, 0.4) is 0 Å². The van der Waals surface area contributed by atoms with Crippen molar-refractivity contribution < 1.29 is 14.2 Å². The van der Waals surface area contributed by atoms with Gasteiger partial charge in [-0.2, -0.15) is 0 Å². The SMILES string of the molecule is CC(C)(F)c1cc(CN2CCNCC2)ccc1Oc1ccc(O)cc1. The smallest absolute Gasteiger partial charge is 0.134 e. The second kappa shape index (κ2) is 7.42. The van der Waals surface area contributed by atoms with Gasteiger partial charge in [0, 0.05) is 38.3 Å². The molecule has 25 heavy (non-hydrogen) atoms. The number of ether oxygens (including phenoxy) is 1. The Morgan fingerprint density at radius 3 is 2.44 bits per heavy atom. The highest BCUT2D eigenvalue weighted by Crippen LogP contribution is 2.36. The Morgan fingerprint density at radius 1 is 1.12 bits per heavy atom. The molecule has 0 aromatic heterocycles. The van der Waals surface area contributed by atoms with Gasteiger partial charge in [-0.15, -0.1) is 0 Å². The molecular weight excluding hydrogens is 319 g/mol. The minimum absolute atomic E-state index is 0.171. The van der Waals surface area contributed by atoms with Gasteiger partial charge in [-0.05, 0) is 55.8 Å². The average Bonchev–Trinajstić information content (AvgIpc) is 2.58. The van der Waals surface area contributed by atoms with Gasteiger partial charge >= 0.3 is 0 Å². The summed E-state index contributed by atoms with van der Waals surface area (Å²) in [5.41, 5.74) is 0.111. The first-order valence-electron chi connectivity index (χ1n) is 8.64. The largest absolute Gasteiger partial charge is 0.508 e. The fourth-order valence-electron chi connectivity index (χ4n) is 3.00. The molecule has 0 unspecified atom stereocenters. The summed E-state index contributed by atoms with van der Waals surface area (Å²) in [5, 5.41) is 12.7. The molecule has 0 aliphatic carbocycles. The van der Waals surface area contributed by atoms with Gasteiger partial charge in [0.15, 0.2) is 0 Å². The molecule has 0 atom stereocenters. The van der Waals surface area contributed by atoms with Crippen molar-refractivity contribution in [1.82, 2.24) is 10.2 Å². The van der Waals surface area contributed by atoms with Gasteiger partial charge in [0.2, 0.25) is 0 Å². The van der Waals surface area contributed by atoms with Crippen molar-refractivity contribution in [3.63, 3.8) is 0 Å². The number of benzene rings is 2. The summed E-state index contributed by atoms with van der Waals surface area (Å²) >= 11 is 0. The number of nitrogens with one attached hydrogen (secondary N) is 1. The van der Waals surface area contributed by atoms with E-state index in [1.807, 2.05) is 18.2 Å². The number of nitrogens with zero attached hydrogens (tertiary/aromatic N) is 1. The van der Waals surface area contributed by atoms with Crippen LogP contribution in [-0.2, 0) is 12.2 Å². The number of piperazine rings is 1. The molecule has 0 spiro atoms. The van der Waals surface area contributed by atoms with E-state index in [1.54, 1.807) is 38.1 Å². The molecule has 1 aliphatic heterocycles. The van der Waals surface area contributed by atoms with E-state index in [0.29, 0.717) is 17.1 Å². The molecule has 0 saturated carbocycles. The average molecular weight is 344 g/mol. The Bertz CT molecular complexity index is 705. The number of hydrogen-bond acceptors (Lipinski definition) is 4. The molecule has 1 aliphatic rings. The Morgan fingerprint density at radius 2 is 1.80 bits per heavy atom. The second-order valence-electron chi connectivity index (χ2n) is 6.93. The molecular formula is C20H25FN2O2. The molecule has 5 heteroatoms. The highest BCUT2D eigenvalue weighted by atomic mass is 19.1. The lowest BCUT2D eigenvalue weighted by molar-refractivity contribution is 0.213. The quantitative estimate of drug-likeness (QED) is 0.866. The maximum atomic E-state index is 14.8. The predicted molar refractivity (Wildman–Crippen MR) is 96.9 cm³/mol. The van der Waals surface area contributed by atoms with Crippen LogP contribution in [0.2, 0.25) is 0 Å². The van der Waals surface area contributed by atoms with Crippen molar-refractivity contribution in [2.24, 2.45) is 0 Å². The molecule has 0 radical (unpaired) electrons.